The highest BCUT2D eigenvalue weighted by Gasteiger charge is 2.26. The molecule has 0 radical (unpaired) electrons. The van der Waals surface area contributed by atoms with Crippen molar-refractivity contribution in [1.82, 2.24) is 20.2 Å². The number of rotatable bonds is 7. The first-order valence-corrected chi connectivity index (χ1v) is 10.9. The van der Waals surface area contributed by atoms with Gasteiger partial charge in [-0.1, -0.05) is 18.2 Å². The van der Waals surface area contributed by atoms with E-state index in [1.165, 1.54) is 16.8 Å². The number of ether oxygens (including phenoxy) is 3. The van der Waals surface area contributed by atoms with Crippen molar-refractivity contribution in [3.05, 3.63) is 77.4 Å². The van der Waals surface area contributed by atoms with Gasteiger partial charge < -0.3 is 19.3 Å². The molecule has 0 amide bonds. The number of aliphatic hydroxyl groups excluding tert-OH is 1. The first-order chi connectivity index (χ1) is 16.9. The lowest BCUT2D eigenvalue weighted by Crippen LogP contribution is -2.31. The van der Waals surface area contributed by atoms with Crippen LogP contribution in [0.5, 0.6) is 11.5 Å². The molecule has 0 unspecified atom stereocenters. The number of carbonyl (C=O) groups is 1. The van der Waals surface area contributed by atoms with Crippen LogP contribution in [0.25, 0.3) is 11.1 Å². The zero-order valence-corrected chi connectivity index (χ0v) is 19.5. The molecule has 2 atom stereocenters. The van der Waals surface area contributed by atoms with Crippen LogP contribution >= 0.6 is 0 Å². The Morgan fingerprint density at radius 2 is 1.97 bits per heavy atom. The minimum absolute atomic E-state index is 0.0376. The van der Waals surface area contributed by atoms with Gasteiger partial charge in [-0.15, -0.1) is 5.10 Å². The maximum atomic E-state index is 13.8. The molecule has 1 saturated heterocycles. The van der Waals surface area contributed by atoms with Gasteiger partial charge in [0.25, 0.3) is 0 Å². The van der Waals surface area contributed by atoms with Crippen molar-refractivity contribution in [2.45, 2.75) is 25.0 Å². The quantitative estimate of drug-likeness (QED) is 0.406. The molecule has 0 spiro atoms. The predicted molar refractivity (Wildman–Crippen MR) is 125 cm³/mol. The molecule has 2 heterocycles. The number of benzene rings is 2. The molecule has 10 heteroatoms. The van der Waals surface area contributed by atoms with Gasteiger partial charge in [0, 0.05) is 36.2 Å². The van der Waals surface area contributed by atoms with Crippen LogP contribution in [0.2, 0.25) is 0 Å². The third kappa shape index (κ3) is 5.38. The summed E-state index contributed by atoms with van der Waals surface area (Å²) in [5, 5.41) is 21.9. The third-order valence-electron chi connectivity index (χ3n) is 5.61. The normalized spacial score (nSPS) is 18.8. The average Bonchev–Trinajstić information content (AvgIpc) is 3.27. The molecule has 9 nitrogen and oxygen atoms in total. The van der Waals surface area contributed by atoms with Crippen molar-refractivity contribution in [3.63, 3.8) is 0 Å². The van der Waals surface area contributed by atoms with Crippen LogP contribution in [0.3, 0.4) is 0 Å². The highest BCUT2D eigenvalue weighted by Crippen LogP contribution is 2.39. The highest BCUT2D eigenvalue weighted by atomic mass is 19.1. The Balaban J connectivity index is 1.96. The molecule has 1 fully saturated rings. The van der Waals surface area contributed by atoms with Crippen molar-refractivity contribution in [2.24, 2.45) is 7.05 Å². The molecule has 0 bridgehead atoms. The van der Waals surface area contributed by atoms with Crippen LogP contribution in [0.1, 0.15) is 29.8 Å². The Hall–Kier alpha value is -4.05. The molecule has 1 aliphatic rings. The summed E-state index contributed by atoms with van der Waals surface area (Å²) in [6, 6.07) is 11.4. The number of hydrogen-bond acceptors (Lipinski definition) is 8. The second-order valence-corrected chi connectivity index (χ2v) is 7.97. The minimum atomic E-state index is -0.784. The summed E-state index contributed by atoms with van der Waals surface area (Å²) in [6.45, 7) is 0. The van der Waals surface area contributed by atoms with Gasteiger partial charge in [0.2, 0.25) is 0 Å². The highest BCUT2D eigenvalue weighted by molar-refractivity contribution is 6.02. The fraction of sp³-hybridized carbons (Fsp3) is 0.280. The predicted octanol–water partition coefficient (Wildman–Crippen LogP) is 2.95. The fourth-order valence-corrected chi connectivity index (χ4v) is 3.94. The number of tetrazole rings is 1. The Kier molecular flexibility index (Phi) is 7.21. The number of methoxy groups -OCH3 is 2. The number of aliphatic hydroxyl groups is 1. The zero-order valence-electron chi connectivity index (χ0n) is 19.5. The lowest BCUT2D eigenvalue weighted by Gasteiger charge is -2.23. The smallest absolute Gasteiger partial charge is 0.309 e. The van der Waals surface area contributed by atoms with E-state index in [1.807, 2.05) is 6.07 Å². The number of cyclic esters (lactones) is 1. The van der Waals surface area contributed by atoms with E-state index in [9.17, 15) is 14.3 Å². The molecule has 0 aliphatic carbocycles. The summed E-state index contributed by atoms with van der Waals surface area (Å²) in [7, 11) is 4.80. The molecule has 35 heavy (non-hydrogen) atoms. The monoisotopic (exact) mass is 480 g/mol. The number of aromatic nitrogens is 4. The van der Waals surface area contributed by atoms with E-state index in [4.69, 9.17) is 14.2 Å². The second-order valence-electron chi connectivity index (χ2n) is 7.97. The summed E-state index contributed by atoms with van der Waals surface area (Å²) in [5.41, 5.74) is 2.59. The number of carbonyl (C=O) groups excluding carboxylic acids is 1. The van der Waals surface area contributed by atoms with Crippen LogP contribution in [0.4, 0.5) is 4.39 Å². The SMILES string of the molecule is COc1ccc(/C(=C(\C=C\[C@@H]2C[C@@H](O)CC(=O)O2)c2nnnn2C)c2ccc(F)cc2)c(OC)c1. The molecule has 1 N–H and O–H groups in total. The van der Waals surface area contributed by atoms with Gasteiger partial charge >= 0.3 is 5.97 Å². The van der Waals surface area contributed by atoms with E-state index in [0.717, 1.165) is 0 Å². The number of aryl methyl sites for hydroxylation is 1. The Labute approximate surface area is 201 Å². The summed E-state index contributed by atoms with van der Waals surface area (Å²) in [6.07, 6.45) is 2.24. The van der Waals surface area contributed by atoms with Crippen molar-refractivity contribution >= 4 is 17.1 Å². The van der Waals surface area contributed by atoms with Gasteiger partial charge in [0.1, 0.15) is 23.4 Å². The molecular weight excluding hydrogens is 455 g/mol. The maximum absolute atomic E-state index is 13.8. The fourth-order valence-electron chi connectivity index (χ4n) is 3.94. The van der Waals surface area contributed by atoms with Crippen molar-refractivity contribution in [2.75, 3.05) is 14.2 Å². The minimum Gasteiger partial charge on any atom is -0.497 e. The number of hydrogen-bond donors (Lipinski definition) is 1. The van der Waals surface area contributed by atoms with E-state index in [2.05, 4.69) is 15.5 Å². The third-order valence-corrected chi connectivity index (χ3v) is 5.61. The topological polar surface area (TPSA) is 109 Å². The lowest BCUT2D eigenvalue weighted by molar-refractivity contribution is -0.156. The zero-order chi connectivity index (χ0) is 24.9. The second kappa shape index (κ2) is 10.5. The summed E-state index contributed by atoms with van der Waals surface area (Å²) >= 11 is 0. The summed E-state index contributed by atoms with van der Waals surface area (Å²) in [4.78, 5) is 11.8. The van der Waals surface area contributed by atoms with Gasteiger partial charge in [-0.3, -0.25) is 4.79 Å². The largest absolute Gasteiger partial charge is 0.497 e. The molecule has 1 aliphatic heterocycles. The van der Waals surface area contributed by atoms with Gasteiger partial charge in [-0.2, -0.15) is 0 Å². The Bertz CT molecular complexity index is 1270. The van der Waals surface area contributed by atoms with Gasteiger partial charge in [-0.25, -0.2) is 9.07 Å². The molecule has 1 aromatic heterocycles. The van der Waals surface area contributed by atoms with Gasteiger partial charge in [0.15, 0.2) is 5.82 Å². The van der Waals surface area contributed by atoms with Crippen molar-refractivity contribution < 1.29 is 28.5 Å². The van der Waals surface area contributed by atoms with Crippen molar-refractivity contribution in [3.8, 4) is 11.5 Å². The van der Waals surface area contributed by atoms with E-state index in [1.54, 1.807) is 57.7 Å². The number of nitrogens with zero attached hydrogens (tertiary/aromatic N) is 4. The van der Waals surface area contributed by atoms with Crippen LogP contribution in [0, 0.1) is 5.82 Å². The van der Waals surface area contributed by atoms with E-state index in [0.29, 0.717) is 39.6 Å². The number of esters is 1. The molecule has 0 saturated carbocycles. The molecule has 2 aromatic carbocycles. The first kappa shape index (κ1) is 24.1. The van der Waals surface area contributed by atoms with Crippen LogP contribution < -0.4 is 9.47 Å². The Morgan fingerprint density at radius 1 is 1.20 bits per heavy atom. The van der Waals surface area contributed by atoms with Gasteiger partial charge in [-0.05, 0) is 46.3 Å². The number of allylic oxidation sites excluding steroid dienone is 2. The average molecular weight is 480 g/mol. The number of halogens is 1. The van der Waals surface area contributed by atoms with Crippen molar-refractivity contribution in [1.29, 1.82) is 0 Å². The van der Waals surface area contributed by atoms with Crippen LogP contribution in [-0.4, -0.2) is 57.7 Å². The Morgan fingerprint density at radius 3 is 2.60 bits per heavy atom. The maximum Gasteiger partial charge on any atom is 0.309 e. The summed E-state index contributed by atoms with van der Waals surface area (Å²) in [5.74, 6) is 0.685. The van der Waals surface area contributed by atoms with Crippen LogP contribution in [0.15, 0.2) is 54.6 Å². The lowest BCUT2D eigenvalue weighted by atomic mass is 9.91. The molecular formula is C25H25FN4O5. The molecule has 3 aromatic rings. The van der Waals surface area contributed by atoms with E-state index < -0.39 is 18.2 Å². The molecule has 182 valence electrons. The standard InChI is InChI=1S/C25H25FN4O5/c1-30-25(27-28-29-30)21(11-9-19-12-17(31)13-23(32)35-19)24(15-4-6-16(26)7-5-15)20-10-8-18(33-2)14-22(20)34-3/h4-11,14,17,19,31H,12-13H2,1-3H3/b11-9+,24-21+/t17-,19-/m1/s1. The molecule has 4 rings (SSSR count). The summed E-state index contributed by atoms with van der Waals surface area (Å²) < 4.78 is 31.7. The van der Waals surface area contributed by atoms with Gasteiger partial charge in [0.05, 0.1) is 26.7 Å². The van der Waals surface area contributed by atoms with E-state index in [-0.39, 0.29) is 18.7 Å². The van der Waals surface area contributed by atoms with E-state index >= 15 is 0 Å². The van der Waals surface area contributed by atoms with Crippen LogP contribution in [-0.2, 0) is 16.6 Å². The first-order valence-electron chi connectivity index (χ1n) is 10.9.